The maximum atomic E-state index is 12.9. The summed E-state index contributed by atoms with van der Waals surface area (Å²) in [5, 5.41) is 6.87. The van der Waals surface area contributed by atoms with E-state index >= 15 is 0 Å². The molecular weight excluding hydrogens is 427 g/mol. The molecule has 2 amide bonds. The average molecular weight is 455 g/mol. The van der Waals surface area contributed by atoms with Crippen LogP contribution in [0.3, 0.4) is 0 Å². The monoisotopic (exact) mass is 454 g/mol. The lowest BCUT2D eigenvalue weighted by Crippen LogP contribution is -2.33. The Morgan fingerprint density at radius 1 is 1.00 bits per heavy atom. The van der Waals surface area contributed by atoms with Crippen LogP contribution < -0.4 is 14.8 Å². The highest BCUT2D eigenvalue weighted by Crippen LogP contribution is 2.12. The summed E-state index contributed by atoms with van der Waals surface area (Å²) in [4.78, 5) is 26.0. The number of anilines is 1. The summed E-state index contributed by atoms with van der Waals surface area (Å²) in [7, 11) is 1.70. The molecule has 0 aliphatic carbocycles. The van der Waals surface area contributed by atoms with Crippen LogP contribution in [0.5, 0.6) is 11.5 Å². The molecule has 1 aromatic heterocycles. The minimum atomic E-state index is -0.351. The highest BCUT2D eigenvalue weighted by atomic mass is 19.1. The number of halogens is 1. The topological polar surface area (TPSA) is 85.7 Å². The van der Waals surface area contributed by atoms with Crippen LogP contribution in [-0.2, 0) is 16.1 Å². The number of benzene rings is 2. The fraction of sp³-hybridized carbons (Fsp3) is 0.292. The quantitative estimate of drug-likeness (QED) is 0.481. The van der Waals surface area contributed by atoms with E-state index in [0.717, 1.165) is 11.3 Å². The number of carbonyl (C=O) groups is 2. The van der Waals surface area contributed by atoms with Crippen molar-refractivity contribution in [1.29, 1.82) is 0 Å². The van der Waals surface area contributed by atoms with E-state index in [1.807, 2.05) is 31.2 Å². The molecule has 8 nitrogen and oxygen atoms in total. The van der Waals surface area contributed by atoms with Crippen molar-refractivity contribution in [2.24, 2.45) is 0 Å². The van der Waals surface area contributed by atoms with Gasteiger partial charge in [0.15, 0.2) is 5.82 Å². The van der Waals surface area contributed by atoms with Crippen molar-refractivity contribution in [2.75, 3.05) is 32.1 Å². The van der Waals surface area contributed by atoms with Crippen molar-refractivity contribution in [3.63, 3.8) is 0 Å². The third-order valence-electron chi connectivity index (χ3n) is 4.76. The van der Waals surface area contributed by atoms with Crippen molar-refractivity contribution in [3.05, 3.63) is 72.2 Å². The van der Waals surface area contributed by atoms with E-state index in [1.54, 1.807) is 24.2 Å². The van der Waals surface area contributed by atoms with Gasteiger partial charge in [0.25, 0.3) is 0 Å². The number of likely N-dealkylation sites (N-methyl/N-ethyl adjacent to an activating group) is 1. The lowest BCUT2D eigenvalue weighted by Gasteiger charge is -2.17. The Kier molecular flexibility index (Phi) is 8.40. The fourth-order valence-electron chi connectivity index (χ4n) is 2.83. The van der Waals surface area contributed by atoms with Gasteiger partial charge in [-0.1, -0.05) is 17.7 Å². The Morgan fingerprint density at radius 3 is 2.33 bits per heavy atom. The number of aromatic nitrogens is 2. The third kappa shape index (κ3) is 7.95. The predicted molar refractivity (Wildman–Crippen MR) is 122 cm³/mol. The van der Waals surface area contributed by atoms with E-state index in [1.165, 1.54) is 28.9 Å². The fourth-order valence-corrected chi connectivity index (χ4v) is 2.83. The largest absolute Gasteiger partial charge is 0.493 e. The third-order valence-corrected chi connectivity index (χ3v) is 4.76. The molecule has 0 saturated heterocycles. The summed E-state index contributed by atoms with van der Waals surface area (Å²) in [5.41, 5.74) is 1.16. The van der Waals surface area contributed by atoms with Gasteiger partial charge in [0, 0.05) is 19.3 Å². The summed E-state index contributed by atoms with van der Waals surface area (Å²) >= 11 is 0. The van der Waals surface area contributed by atoms with Crippen LogP contribution in [0.2, 0.25) is 0 Å². The number of nitrogens with one attached hydrogen (secondary N) is 1. The van der Waals surface area contributed by atoms with E-state index in [-0.39, 0.29) is 37.2 Å². The van der Waals surface area contributed by atoms with Crippen molar-refractivity contribution < 1.29 is 23.5 Å². The lowest BCUT2D eigenvalue weighted by atomic mass is 10.2. The van der Waals surface area contributed by atoms with E-state index in [0.29, 0.717) is 24.7 Å². The van der Waals surface area contributed by atoms with Gasteiger partial charge in [0.05, 0.1) is 19.6 Å². The van der Waals surface area contributed by atoms with Crippen molar-refractivity contribution in [3.8, 4) is 11.5 Å². The van der Waals surface area contributed by atoms with E-state index < -0.39 is 0 Å². The van der Waals surface area contributed by atoms with Gasteiger partial charge in [-0.3, -0.25) is 14.3 Å². The first-order chi connectivity index (χ1) is 15.9. The Hall–Kier alpha value is -3.88. The molecule has 0 aliphatic rings. The van der Waals surface area contributed by atoms with Crippen molar-refractivity contribution in [2.45, 2.75) is 19.9 Å². The molecule has 1 heterocycles. The number of ether oxygens (including phenoxy) is 2. The molecule has 3 aromatic rings. The highest BCUT2D eigenvalue weighted by molar-refractivity contribution is 5.89. The number of aryl methyl sites for hydroxylation is 1. The molecule has 0 atom stereocenters. The molecule has 0 unspecified atom stereocenters. The molecule has 0 bridgehead atoms. The lowest BCUT2D eigenvalue weighted by molar-refractivity contribution is -0.131. The molecule has 33 heavy (non-hydrogen) atoms. The minimum Gasteiger partial charge on any atom is -0.493 e. The number of hydrogen-bond donors (Lipinski definition) is 1. The van der Waals surface area contributed by atoms with Crippen molar-refractivity contribution in [1.82, 2.24) is 14.7 Å². The van der Waals surface area contributed by atoms with Crippen LogP contribution in [0.25, 0.3) is 0 Å². The Labute approximate surface area is 191 Å². The predicted octanol–water partition coefficient (Wildman–Crippen LogP) is 3.28. The number of amides is 2. The standard InChI is InChI=1S/C24H27FN4O4/c1-18-3-7-20(8-4-18)33-16-14-28(2)24(31)17-29-13-11-22(27-29)26-23(30)12-15-32-21-9-5-19(25)6-10-21/h3-11,13H,12,14-17H2,1-2H3,(H,26,27,30). The van der Waals surface area contributed by atoms with E-state index in [2.05, 4.69) is 10.4 Å². The number of rotatable bonds is 11. The van der Waals surface area contributed by atoms with Crippen LogP contribution in [0, 0.1) is 12.7 Å². The first-order valence-corrected chi connectivity index (χ1v) is 10.5. The summed E-state index contributed by atoms with van der Waals surface area (Å²) in [5.74, 6) is 0.837. The van der Waals surface area contributed by atoms with Gasteiger partial charge >= 0.3 is 0 Å². The SMILES string of the molecule is Cc1ccc(OCCN(C)C(=O)Cn2ccc(NC(=O)CCOc3ccc(F)cc3)n2)cc1. The molecule has 0 spiro atoms. The number of hydrogen-bond acceptors (Lipinski definition) is 5. The molecule has 174 valence electrons. The van der Waals surface area contributed by atoms with Gasteiger partial charge in [-0.2, -0.15) is 5.10 Å². The summed E-state index contributed by atoms with van der Waals surface area (Å²) < 4.78 is 25.4. The van der Waals surface area contributed by atoms with Crippen LogP contribution in [0.4, 0.5) is 10.2 Å². The second-order valence-electron chi connectivity index (χ2n) is 7.48. The van der Waals surface area contributed by atoms with Crippen LogP contribution >= 0.6 is 0 Å². The minimum absolute atomic E-state index is 0.0462. The Morgan fingerprint density at radius 2 is 1.64 bits per heavy atom. The van der Waals surface area contributed by atoms with Gasteiger partial charge in [-0.15, -0.1) is 0 Å². The summed E-state index contributed by atoms with van der Waals surface area (Å²) in [6.07, 6.45) is 1.73. The highest BCUT2D eigenvalue weighted by Gasteiger charge is 2.12. The molecule has 9 heteroatoms. The smallest absolute Gasteiger partial charge is 0.244 e. The molecular formula is C24H27FN4O4. The Bertz CT molecular complexity index is 1050. The second kappa shape index (κ2) is 11.7. The molecule has 0 fully saturated rings. The summed E-state index contributed by atoms with van der Waals surface area (Å²) in [6, 6.07) is 14.9. The maximum absolute atomic E-state index is 12.9. The molecule has 1 N–H and O–H groups in total. The first kappa shape index (κ1) is 23.8. The van der Waals surface area contributed by atoms with E-state index in [4.69, 9.17) is 9.47 Å². The molecule has 0 saturated carbocycles. The number of nitrogens with zero attached hydrogens (tertiary/aromatic N) is 3. The Balaban J connectivity index is 1.36. The van der Waals surface area contributed by atoms with Gasteiger partial charge in [-0.05, 0) is 43.3 Å². The van der Waals surface area contributed by atoms with Crippen molar-refractivity contribution >= 4 is 17.6 Å². The summed E-state index contributed by atoms with van der Waals surface area (Å²) in [6.45, 7) is 3.01. The van der Waals surface area contributed by atoms with Gasteiger partial charge in [-0.25, -0.2) is 4.39 Å². The molecule has 0 aliphatic heterocycles. The molecule has 3 rings (SSSR count). The van der Waals surface area contributed by atoms with Crippen LogP contribution in [0.1, 0.15) is 12.0 Å². The second-order valence-corrected chi connectivity index (χ2v) is 7.48. The normalized spacial score (nSPS) is 10.5. The van der Waals surface area contributed by atoms with E-state index in [9.17, 15) is 14.0 Å². The maximum Gasteiger partial charge on any atom is 0.244 e. The molecule has 0 radical (unpaired) electrons. The van der Waals surface area contributed by atoms with Gasteiger partial charge < -0.3 is 19.7 Å². The first-order valence-electron chi connectivity index (χ1n) is 10.5. The van der Waals surface area contributed by atoms with Crippen LogP contribution in [-0.4, -0.2) is 53.3 Å². The average Bonchev–Trinajstić information content (AvgIpc) is 3.22. The zero-order chi connectivity index (χ0) is 23.6. The van der Waals surface area contributed by atoms with Gasteiger partial charge in [0.1, 0.15) is 30.5 Å². The van der Waals surface area contributed by atoms with Gasteiger partial charge in [0.2, 0.25) is 11.8 Å². The number of carbonyl (C=O) groups excluding carboxylic acids is 2. The molecule has 2 aromatic carbocycles. The van der Waals surface area contributed by atoms with Crippen LogP contribution in [0.15, 0.2) is 60.8 Å². The zero-order valence-corrected chi connectivity index (χ0v) is 18.7. The zero-order valence-electron chi connectivity index (χ0n) is 18.7.